The molecule has 0 aliphatic carbocycles. The minimum atomic E-state index is -3.47. The van der Waals surface area contributed by atoms with Crippen LogP contribution in [0.5, 0.6) is 11.5 Å². The predicted molar refractivity (Wildman–Crippen MR) is 171 cm³/mol. The molecule has 2 aromatic heterocycles. The highest BCUT2D eigenvalue weighted by Crippen LogP contribution is 2.42. The quantitative estimate of drug-likeness (QED) is 0.200. The van der Waals surface area contributed by atoms with Crippen LogP contribution in [0.1, 0.15) is 42.2 Å². The summed E-state index contributed by atoms with van der Waals surface area (Å²) in [6.07, 6.45) is 3.64. The first-order valence-electron chi connectivity index (χ1n) is 13.2. The van der Waals surface area contributed by atoms with E-state index < -0.39 is 10.0 Å². The maximum Gasteiger partial charge on any atom is 0.243 e. The van der Waals surface area contributed by atoms with Gasteiger partial charge in [-0.25, -0.2) is 18.4 Å². The van der Waals surface area contributed by atoms with Crippen LogP contribution < -0.4 is 14.5 Å². The third-order valence-electron chi connectivity index (χ3n) is 7.30. The first-order chi connectivity index (χ1) is 19.5. The largest absolute Gasteiger partial charge is 0.493 e. The Morgan fingerprint density at radius 2 is 1.68 bits per heavy atom. The molecule has 0 spiro atoms. The molecule has 4 aromatic rings. The van der Waals surface area contributed by atoms with Gasteiger partial charge in [-0.15, -0.1) is 39.7 Å². The van der Waals surface area contributed by atoms with Gasteiger partial charge in [-0.3, -0.25) is 0 Å². The number of thiazole rings is 1. The number of hydrogen-bond acceptors (Lipinski definition) is 9. The Hall–Kier alpha value is -2.77. The van der Waals surface area contributed by atoms with Crippen LogP contribution in [0.15, 0.2) is 75.4 Å². The zero-order chi connectivity index (χ0) is 27.7. The first-order valence-corrected chi connectivity index (χ1v) is 16.4. The average molecular weight is 676 g/mol. The monoisotopic (exact) mass is 674 g/mol. The van der Waals surface area contributed by atoms with E-state index >= 15 is 0 Å². The zero-order valence-corrected chi connectivity index (χ0v) is 26.9. The lowest BCUT2D eigenvalue weighted by Crippen LogP contribution is -2.35. The molecule has 0 N–H and O–H groups in total. The summed E-state index contributed by atoms with van der Waals surface area (Å²) in [6, 6.07) is 17.1. The van der Waals surface area contributed by atoms with E-state index in [1.165, 1.54) is 11.3 Å². The number of benzene rings is 2. The summed E-state index contributed by atoms with van der Waals surface area (Å²) in [4.78, 5) is 6.40. The number of methoxy groups -OCH3 is 2. The van der Waals surface area contributed by atoms with Gasteiger partial charge in [0.05, 0.1) is 41.4 Å². The molecule has 8 nitrogen and oxygen atoms in total. The summed E-state index contributed by atoms with van der Waals surface area (Å²) in [6.45, 7) is 1.18. The first kappa shape index (κ1) is 29.7. The van der Waals surface area contributed by atoms with E-state index in [2.05, 4.69) is 11.4 Å². The fraction of sp³-hybridized carbons (Fsp3) is 0.310. The number of anilines is 1. The highest BCUT2D eigenvalue weighted by atomic mass is 79.9. The molecule has 1 saturated heterocycles. The van der Waals surface area contributed by atoms with Crippen molar-refractivity contribution in [1.82, 2.24) is 9.29 Å². The second kappa shape index (κ2) is 12.6. The summed E-state index contributed by atoms with van der Waals surface area (Å²) in [5, 5.41) is 11.8. The molecule has 1 atom stereocenters. The fourth-order valence-electron chi connectivity index (χ4n) is 5.15. The van der Waals surface area contributed by atoms with E-state index in [1.54, 1.807) is 42.0 Å². The number of hydrogen-bond donors (Lipinski definition) is 0. The standard InChI is InChI=1S/C29H30N4O4S3.BrH/c1-36-26-13-10-21(17-27(26)37-2)25-18-23(28-7-6-16-38-28)31-33(25)29-30-24(19-39-29)20-8-11-22(12-9-20)40(34,35)32-14-4-3-5-15-32;/h6-13,16-17,19,25H,3-5,14-15,18H2,1-2H3;1H. The van der Waals surface area contributed by atoms with Crippen molar-refractivity contribution in [2.75, 3.05) is 32.3 Å². The lowest BCUT2D eigenvalue weighted by Gasteiger charge is -2.25. The highest BCUT2D eigenvalue weighted by Gasteiger charge is 2.33. The van der Waals surface area contributed by atoms with Crippen molar-refractivity contribution in [2.24, 2.45) is 5.10 Å². The topological polar surface area (TPSA) is 84.3 Å². The van der Waals surface area contributed by atoms with Gasteiger partial charge in [0.25, 0.3) is 0 Å². The number of nitrogens with zero attached hydrogens (tertiary/aromatic N) is 4. The number of hydrazone groups is 1. The molecule has 12 heteroatoms. The van der Waals surface area contributed by atoms with Gasteiger partial charge in [-0.05, 0) is 54.1 Å². The molecule has 2 aromatic carbocycles. The molecule has 0 amide bonds. The Labute approximate surface area is 259 Å². The van der Waals surface area contributed by atoms with Gasteiger partial charge in [-0.1, -0.05) is 30.7 Å². The zero-order valence-electron chi connectivity index (χ0n) is 22.7. The average Bonchev–Trinajstić information content (AvgIpc) is 3.78. The summed E-state index contributed by atoms with van der Waals surface area (Å²) >= 11 is 3.19. The number of sulfonamides is 1. The molecule has 216 valence electrons. The van der Waals surface area contributed by atoms with Crippen molar-refractivity contribution in [1.29, 1.82) is 0 Å². The Morgan fingerprint density at radius 3 is 2.37 bits per heavy atom. The van der Waals surface area contributed by atoms with Crippen LogP contribution >= 0.6 is 39.7 Å². The maximum absolute atomic E-state index is 13.1. The summed E-state index contributed by atoms with van der Waals surface area (Å²) < 4.78 is 38.8. The molecule has 4 heterocycles. The fourth-order valence-corrected chi connectivity index (χ4v) is 8.22. The van der Waals surface area contributed by atoms with E-state index in [9.17, 15) is 8.42 Å². The van der Waals surface area contributed by atoms with Gasteiger partial charge in [0.2, 0.25) is 15.2 Å². The summed E-state index contributed by atoms with van der Waals surface area (Å²) in [5.74, 6) is 1.35. The molecule has 1 unspecified atom stereocenters. The third-order valence-corrected chi connectivity index (χ3v) is 11.0. The van der Waals surface area contributed by atoms with Crippen molar-refractivity contribution in [2.45, 2.75) is 36.6 Å². The molecule has 41 heavy (non-hydrogen) atoms. The Balaban J connectivity index is 0.00000337. The lowest BCUT2D eigenvalue weighted by atomic mass is 10.0. The van der Waals surface area contributed by atoms with Gasteiger partial charge in [0.1, 0.15) is 0 Å². The molecular weight excluding hydrogens is 644 g/mol. The molecule has 2 aliphatic heterocycles. The number of rotatable bonds is 8. The Kier molecular flexibility index (Phi) is 9.15. The normalized spacial score (nSPS) is 17.7. The smallest absolute Gasteiger partial charge is 0.243 e. The van der Waals surface area contributed by atoms with E-state index in [0.717, 1.165) is 58.2 Å². The highest BCUT2D eigenvalue weighted by molar-refractivity contribution is 8.93. The SMILES string of the molecule is Br.COc1ccc(C2CC(c3cccs3)=NN2c2nc(-c3ccc(S(=O)(=O)N4CCCCC4)cc3)cs2)cc1OC. The predicted octanol–water partition coefficient (Wildman–Crippen LogP) is 7.00. The van der Waals surface area contributed by atoms with Crippen LogP contribution in [-0.4, -0.2) is 50.7 Å². The van der Waals surface area contributed by atoms with Crippen LogP contribution in [0.2, 0.25) is 0 Å². The van der Waals surface area contributed by atoms with E-state index in [0.29, 0.717) is 29.5 Å². The summed E-state index contributed by atoms with van der Waals surface area (Å²) in [7, 11) is -0.208. The van der Waals surface area contributed by atoms with Crippen molar-refractivity contribution >= 4 is 60.5 Å². The van der Waals surface area contributed by atoms with E-state index in [4.69, 9.17) is 19.6 Å². The van der Waals surface area contributed by atoms with E-state index in [1.807, 2.05) is 46.8 Å². The second-order valence-corrected chi connectivity index (χ2v) is 13.4. The van der Waals surface area contributed by atoms with Crippen LogP contribution in [0.25, 0.3) is 11.3 Å². The number of ether oxygens (including phenoxy) is 2. The molecule has 0 bridgehead atoms. The second-order valence-electron chi connectivity index (χ2n) is 9.71. The van der Waals surface area contributed by atoms with Gasteiger partial charge >= 0.3 is 0 Å². The molecule has 6 rings (SSSR count). The van der Waals surface area contributed by atoms with Gasteiger partial charge in [0, 0.05) is 30.5 Å². The van der Waals surface area contributed by atoms with E-state index in [-0.39, 0.29) is 23.0 Å². The van der Waals surface area contributed by atoms with Crippen molar-refractivity contribution in [3.8, 4) is 22.8 Å². The van der Waals surface area contributed by atoms with Crippen molar-refractivity contribution < 1.29 is 17.9 Å². The Morgan fingerprint density at radius 1 is 0.927 bits per heavy atom. The van der Waals surface area contributed by atoms with Gasteiger partial charge in [0.15, 0.2) is 11.5 Å². The van der Waals surface area contributed by atoms with Crippen LogP contribution in [0, 0.1) is 0 Å². The molecular formula is C29H31BrN4O4S3. The molecule has 0 saturated carbocycles. The third kappa shape index (κ3) is 5.94. The lowest BCUT2D eigenvalue weighted by molar-refractivity contribution is 0.346. The van der Waals surface area contributed by atoms with Crippen LogP contribution in [-0.2, 0) is 10.0 Å². The minimum Gasteiger partial charge on any atom is -0.493 e. The molecule has 2 aliphatic rings. The van der Waals surface area contributed by atoms with Gasteiger partial charge in [-0.2, -0.15) is 9.41 Å². The maximum atomic E-state index is 13.1. The van der Waals surface area contributed by atoms with Crippen molar-refractivity contribution in [3.05, 3.63) is 75.8 Å². The van der Waals surface area contributed by atoms with Crippen molar-refractivity contribution in [3.63, 3.8) is 0 Å². The Bertz CT molecular complexity index is 1620. The number of thiophene rings is 1. The number of halogens is 1. The number of aromatic nitrogens is 1. The van der Waals surface area contributed by atoms with Crippen LogP contribution in [0.4, 0.5) is 5.13 Å². The molecule has 1 fully saturated rings. The summed E-state index contributed by atoms with van der Waals surface area (Å²) in [5.41, 5.74) is 3.72. The van der Waals surface area contributed by atoms with Gasteiger partial charge < -0.3 is 9.47 Å². The van der Waals surface area contributed by atoms with Crippen LogP contribution in [0.3, 0.4) is 0 Å². The minimum absolute atomic E-state index is 0. The number of piperidine rings is 1. The molecule has 0 radical (unpaired) electrons.